The van der Waals surface area contributed by atoms with E-state index in [1.807, 2.05) is 13.1 Å². The van der Waals surface area contributed by atoms with E-state index >= 15 is 0 Å². The van der Waals surface area contributed by atoms with E-state index < -0.39 is 0 Å². The van der Waals surface area contributed by atoms with Crippen molar-refractivity contribution in [1.82, 2.24) is 5.32 Å². The normalized spacial score (nSPS) is 13.9. The molecule has 0 unspecified atom stereocenters. The maximum Gasteiger partial charge on any atom is 0.309 e. The lowest BCUT2D eigenvalue weighted by molar-refractivity contribution is -0.139. The molecule has 128 valence electrons. The van der Waals surface area contributed by atoms with Gasteiger partial charge in [0.05, 0.1) is 13.5 Å². The number of rotatable bonds is 5. The molecule has 0 amide bonds. The van der Waals surface area contributed by atoms with Crippen LogP contribution < -0.4 is 5.32 Å². The van der Waals surface area contributed by atoms with Gasteiger partial charge in [0.2, 0.25) is 0 Å². The van der Waals surface area contributed by atoms with Gasteiger partial charge in [0, 0.05) is 0 Å². The Morgan fingerprint density at radius 2 is 1.84 bits per heavy atom. The van der Waals surface area contributed by atoms with E-state index in [2.05, 4.69) is 59.9 Å². The van der Waals surface area contributed by atoms with Crippen LogP contribution in [0.1, 0.15) is 34.2 Å². The van der Waals surface area contributed by atoms with Crippen LogP contribution in [0.15, 0.2) is 48.5 Å². The molecule has 0 bridgehead atoms. The summed E-state index contributed by atoms with van der Waals surface area (Å²) in [6.45, 7) is 0.927. The molecule has 0 saturated carbocycles. The fraction of sp³-hybridized carbons (Fsp3) is 0.227. The average molecular weight is 333 g/mol. The monoisotopic (exact) mass is 333 g/mol. The van der Waals surface area contributed by atoms with Gasteiger partial charge in [-0.25, -0.2) is 0 Å². The predicted octanol–water partition coefficient (Wildman–Crippen LogP) is 3.93. The molecule has 2 aromatic rings. The molecule has 0 saturated heterocycles. The van der Waals surface area contributed by atoms with E-state index in [-0.39, 0.29) is 5.97 Å². The Balaban J connectivity index is 2.09. The number of benzene rings is 2. The van der Waals surface area contributed by atoms with Crippen molar-refractivity contribution in [2.45, 2.75) is 12.8 Å². The quantitative estimate of drug-likeness (QED) is 0.568. The molecule has 1 N–H and O–H groups in total. The van der Waals surface area contributed by atoms with Gasteiger partial charge in [-0.1, -0.05) is 54.6 Å². The van der Waals surface area contributed by atoms with Crippen molar-refractivity contribution < 1.29 is 9.53 Å². The van der Waals surface area contributed by atoms with Crippen molar-refractivity contribution in [3.05, 3.63) is 76.4 Å². The standard InChI is InChI=1S/C22H23NO2/c1-23-13-5-8-20-19-7-4-3-6-17(19)11-12-18-10-9-16(14-21(18)20)15-22(24)25-2/h3-4,6-12,14,23H,5,13,15H2,1-2H3. The molecular weight excluding hydrogens is 310 g/mol. The van der Waals surface area contributed by atoms with Crippen LogP contribution in [-0.2, 0) is 16.0 Å². The smallest absolute Gasteiger partial charge is 0.309 e. The van der Waals surface area contributed by atoms with Gasteiger partial charge in [-0.2, -0.15) is 0 Å². The van der Waals surface area contributed by atoms with Crippen LogP contribution in [0, 0.1) is 0 Å². The molecule has 3 heteroatoms. The molecule has 0 radical (unpaired) electrons. The van der Waals surface area contributed by atoms with E-state index in [9.17, 15) is 4.79 Å². The van der Waals surface area contributed by atoms with Gasteiger partial charge in [-0.15, -0.1) is 0 Å². The van der Waals surface area contributed by atoms with E-state index in [1.165, 1.54) is 34.9 Å². The summed E-state index contributed by atoms with van der Waals surface area (Å²) in [6.07, 6.45) is 7.82. The zero-order chi connectivity index (χ0) is 17.6. The molecule has 1 aliphatic rings. The largest absolute Gasteiger partial charge is 0.469 e. The van der Waals surface area contributed by atoms with Crippen molar-refractivity contribution in [1.29, 1.82) is 0 Å². The second-order valence-electron chi connectivity index (χ2n) is 6.11. The first kappa shape index (κ1) is 17.2. The average Bonchev–Trinajstić information content (AvgIpc) is 2.79. The summed E-state index contributed by atoms with van der Waals surface area (Å²) < 4.78 is 4.81. The summed E-state index contributed by atoms with van der Waals surface area (Å²) in [4.78, 5) is 11.6. The van der Waals surface area contributed by atoms with Crippen LogP contribution in [0.2, 0.25) is 0 Å². The first-order valence-corrected chi connectivity index (χ1v) is 8.55. The SMILES string of the molecule is CNCCC=C1c2ccccc2C=Cc2ccc(CC(=O)OC)cc21. The minimum atomic E-state index is -0.217. The van der Waals surface area contributed by atoms with Crippen LogP contribution in [0.3, 0.4) is 0 Å². The summed E-state index contributed by atoms with van der Waals surface area (Å²) in [5, 5.41) is 3.19. The third-order valence-electron chi connectivity index (χ3n) is 4.42. The molecule has 0 fully saturated rings. The molecule has 1 aliphatic carbocycles. The Morgan fingerprint density at radius 1 is 1.08 bits per heavy atom. The minimum Gasteiger partial charge on any atom is -0.469 e. The Bertz CT molecular complexity index is 834. The molecule has 25 heavy (non-hydrogen) atoms. The van der Waals surface area contributed by atoms with Gasteiger partial charge in [0.1, 0.15) is 0 Å². The number of esters is 1. The zero-order valence-electron chi connectivity index (χ0n) is 14.7. The predicted molar refractivity (Wildman–Crippen MR) is 103 cm³/mol. The molecule has 0 aliphatic heterocycles. The van der Waals surface area contributed by atoms with Gasteiger partial charge < -0.3 is 10.1 Å². The van der Waals surface area contributed by atoms with Crippen LogP contribution in [0.5, 0.6) is 0 Å². The third kappa shape index (κ3) is 3.89. The first-order valence-electron chi connectivity index (χ1n) is 8.55. The first-order chi connectivity index (χ1) is 12.2. The molecule has 2 aromatic carbocycles. The van der Waals surface area contributed by atoms with Crippen molar-refractivity contribution in [2.75, 3.05) is 20.7 Å². The van der Waals surface area contributed by atoms with E-state index in [0.29, 0.717) is 6.42 Å². The lowest BCUT2D eigenvalue weighted by Gasteiger charge is -2.14. The van der Waals surface area contributed by atoms with Crippen LogP contribution in [0.4, 0.5) is 0 Å². The fourth-order valence-corrected chi connectivity index (χ4v) is 3.12. The molecule has 3 nitrogen and oxygen atoms in total. The highest BCUT2D eigenvalue weighted by molar-refractivity contribution is 5.94. The number of carbonyl (C=O) groups excluding carboxylic acids is 1. The van der Waals surface area contributed by atoms with Crippen molar-refractivity contribution in [3.63, 3.8) is 0 Å². The number of hydrogen-bond acceptors (Lipinski definition) is 3. The number of nitrogens with one attached hydrogen (secondary N) is 1. The van der Waals surface area contributed by atoms with Gasteiger partial charge in [-0.3, -0.25) is 4.79 Å². The minimum absolute atomic E-state index is 0.217. The van der Waals surface area contributed by atoms with E-state index in [0.717, 1.165) is 18.5 Å². The number of carbonyl (C=O) groups is 1. The molecule has 3 rings (SSSR count). The lowest BCUT2D eigenvalue weighted by atomic mass is 9.91. The van der Waals surface area contributed by atoms with Crippen molar-refractivity contribution in [2.24, 2.45) is 0 Å². The summed E-state index contributed by atoms with van der Waals surface area (Å²) >= 11 is 0. The topological polar surface area (TPSA) is 38.3 Å². The Labute approximate surface area is 149 Å². The number of ether oxygens (including phenoxy) is 1. The van der Waals surface area contributed by atoms with Crippen LogP contribution in [-0.4, -0.2) is 26.7 Å². The second kappa shape index (κ2) is 7.95. The molecule has 0 atom stereocenters. The van der Waals surface area contributed by atoms with Gasteiger partial charge in [0.25, 0.3) is 0 Å². The second-order valence-corrected chi connectivity index (χ2v) is 6.11. The molecular formula is C22H23NO2. The summed E-state index contributed by atoms with van der Waals surface area (Å²) in [7, 11) is 3.39. The lowest BCUT2D eigenvalue weighted by Crippen LogP contribution is -2.07. The number of fused-ring (bicyclic) bond motifs is 2. The van der Waals surface area contributed by atoms with E-state index in [1.54, 1.807) is 0 Å². The van der Waals surface area contributed by atoms with Crippen LogP contribution >= 0.6 is 0 Å². The zero-order valence-corrected chi connectivity index (χ0v) is 14.7. The fourth-order valence-electron chi connectivity index (χ4n) is 3.12. The maximum atomic E-state index is 11.6. The van der Waals surface area contributed by atoms with Gasteiger partial charge in [-0.05, 0) is 59.5 Å². The molecule has 0 heterocycles. The number of methoxy groups -OCH3 is 1. The maximum absolute atomic E-state index is 11.6. The summed E-state index contributed by atoms with van der Waals surface area (Å²) in [5.41, 5.74) is 6.96. The Morgan fingerprint density at radius 3 is 2.60 bits per heavy atom. The van der Waals surface area contributed by atoms with Gasteiger partial charge >= 0.3 is 5.97 Å². The molecule has 0 aromatic heterocycles. The molecule has 0 spiro atoms. The number of hydrogen-bond donors (Lipinski definition) is 1. The van der Waals surface area contributed by atoms with Crippen molar-refractivity contribution in [3.8, 4) is 0 Å². The third-order valence-corrected chi connectivity index (χ3v) is 4.42. The van der Waals surface area contributed by atoms with Gasteiger partial charge in [0.15, 0.2) is 0 Å². The Hall–Kier alpha value is -2.65. The Kier molecular flexibility index (Phi) is 5.46. The highest BCUT2D eigenvalue weighted by atomic mass is 16.5. The summed E-state index contributed by atoms with van der Waals surface area (Å²) in [6, 6.07) is 14.6. The highest BCUT2D eigenvalue weighted by Gasteiger charge is 2.16. The highest BCUT2D eigenvalue weighted by Crippen LogP contribution is 2.34. The summed E-state index contributed by atoms with van der Waals surface area (Å²) in [5.74, 6) is -0.217. The van der Waals surface area contributed by atoms with Crippen LogP contribution in [0.25, 0.3) is 17.7 Å². The van der Waals surface area contributed by atoms with Crippen molar-refractivity contribution >= 4 is 23.7 Å². The van der Waals surface area contributed by atoms with E-state index in [4.69, 9.17) is 4.74 Å².